The van der Waals surface area contributed by atoms with Crippen molar-refractivity contribution in [1.82, 2.24) is 20.0 Å². The van der Waals surface area contributed by atoms with Gasteiger partial charge in [0.05, 0.1) is 12.7 Å². The van der Waals surface area contributed by atoms with E-state index in [1.807, 2.05) is 17.9 Å². The molecule has 1 N–H and O–H groups in total. The van der Waals surface area contributed by atoms with Crippen molar-refractivity contribution in [2.45, 2.75) is 12.5 Å². The second kappa shape index (κ2) is 6.14. The summed E-state index contributed by atoms with van der Waals surface area (Å²) < 4.78 is 7.62. The Balaban J connectivity index is 1.70. The lowest BCUT2D eigenvalue weighted by Gasteiger charge is -2.27. The molecule has 5 heteroatoms. The fourth-order valence-electron chi connectivity index (χ4n) is 2.13. The van der Waals surface area contributed by atoms with Crippen molar-refractivity contribution in [3.05, 3.63) is 18.0 Å². The third kappa shape index (κ3) is 3.80. The lowest BCUT2D eigenvalue weighted by molar-refractivity contribution is 0.0102. The Hall–Kier alpha value is -0.910. The summed E-state index contributed by atoms with van der Waals surface area (Å²) in [4.78, 5) is 2.32. The smallest absolute Gasteiger partial charge is 0.0826 e. The maximum Gasteiger partial charge on any atom is 0.0826 e. The Labute approximate surface area is 103 Å². The fourth-order valence-corrected chi connectivity index (χ4v) is 2.13. The van der Waals surface area contributed by atoms with Gasteiger partial charge in [-0.25, -0.2) is 0 Å². The molecule has 1 aliphatic heterocycles. The molecule has 1 aromatic heterocycles. The molecule has 0 saturated carbocycles. The average Bonchev–Trinajstić information content (AvgIpc) is 2.74. The van der Waals surface area contributed by atoms with Crippen LogP contribution in [0.15, 0.2) is 12.3 Å². The second-order valence-electron chi connectivity index (χ2n) is 4.66. The zero-order valence-corrected chi connectivity index (χ0v) is 10.7. The monoisotopic (exact) mass is 238 g/mol. The molecule has 1 atom stereocenters. The van der Waals surface area contributed by atoms with E-state index in [0.29, 0.717) is 6.10 Å². The normalized spacial score (nSPS) is 21.0. The molecular formula is C12H22N4O. The lowest BCUT2D eigenvalue weighted by Crippen LogP contribution is -2.44. The summed E-state index contributed by atoms with van der Waals surface area (Å²) in [6.07, 6.45) is 3.22. The zero-order valence-electron chi connectivity index (χ0n) is 10.7. The van der Waals surface area contributed by atoms with E-state index in [0.717, 1.165) is 39.2 Å². The summed E-state index contributed by atoms with van der Waals surface area (Å²) in [6, 6.07) is 2.08. The van der Waals surface area contributed by atoms with Gasteiger partial charge in [-0.1, -0.05) is 0 Å². The number of hydrogen-bond donors (Lipinski definition) is 1. The molecular weight excluding hydrogens is 216 g/mol. The highest BCUT2D eigenvalue weighted by atomic mass is 16.5. The van der Waals surface area contributed by atoms with Crippen LogP contribution in [0.4, 0.5) is 0 Å². The van der Waals surface area contributed by atoms with Crippen molar-refractivity contribution in [2.75, 3.05) is 39.8 Å². The largest absolute Gasteiger partial charge is 0.374 e. The van der Waals surface area contributed by atoms with Crippen LogP contribution in [0.25, 0.3) is 0 Å². The van der Waals surface area contributed by atoms with Crippen LogP contribution in [0.5, 0.6) is 0 Å². The van der Waals surface area contributed by atoms with Crippen molar-refractivity contribution in [1.29, 1.82) is 0 Å². The van der Waals surface area contributed by atoms with Gasteiger partial charge in [-0.3, -0.25) is 4.68 Å². The molecule has 2 heterocycles. The Kier molecular flexibility index (Phi) is 4.53. The predicted molar refractivity (Wildman–Crippen MR) is 67.0 cm³/mol. The first-order chi connectivity index (χ1) is 8.25. The van der Waals surface area contributed by atoms with Gasteiger partial charge < -0.3 is 15.0 Å². The third-order valence-electron chi connectivity index (χ3n) is 3.19. The van der Waals surface area contributed by atoms with Crippen molar-refractivity contribution in [3.63, 3.8) is 0 Å². The maximum absolute atomic E-state index is 5.69. The Morgan fingerprint density at radius 1 is 1.65 bits per heavy atom. The van der Waals surface area contributed by atoms with E-state index in [1.54, 1.807) is 0 Å². The quantitative estimate of drug-likeness (QED) is 0.777. The van der Waals surface area contributed by atoms with Crippen molar-refractivity contribution in [2.24, 2.45) is 7.05 Å². The van der Waals surface area contributed by atoms with Gasteiger partial charge in [0.25, 0.3) is 0 Å². The first-order valence-corrected chi connectivity index (χ1v) is 6.23. The number of nitrogens with zero attached hydrogens (tertiary/aromatic N) is 3. The average molecular weight is 238 g/mol. The molecule has 5 nitrogen and oxygen atoms in total. The molecule has 0 spiro atoms. The molecule has 0 amide bonds. The van der Waals surface area contributed by atoms with Crippen molar-refractivity contribution in [3.8, 4) is 0 Å². The second-order valence-corrected chi connectivity index (χ2v) is 4.66. The number of likely N-dealkylation sites (N-methyl/N-ethyl adjacent to an activating group) is 1. The summed E-state index contributed by atoms with van der Waals surface area (Å²) in [5.74, 6) is 0. The van der Waals surface area contributed by atoms with Crippen molar-refractivity contribution >= 4 is 0 Å². The van der Waals surface area contributed by atoms with Crippen LogP contribution in [0.2, 0.25) is 0 Å². The SMILES string of the molecule is CN(CCc1ccnn1C)CC1CNCCO1. The molecule has 1 saturated heterocycles. The summed E-state index contributed by atoms with van der Waals surface area (Å²) >= 11 is 0. The van der Waals surface area contributed by atoms with E-state index >= 15 is 0 Å². The van der Waals surface area contributed by atoms with Gasteiger partial charge in [0.2, 0.25) is 0 Å². The molecule has 2 rings (SSSR count). The molecule has 0 bridgehead atoms. The molecule has 1 aliphatic rings. The zero-order chi connectivity index (χ0) is 12.1. The maximum atomic E-state index is 5.69. The van der Waals surface area contributed by atoms with Crippen LogP contribution in [0, 0.1) is 0 Å². The highest BCUT2D eigenvalue weighted by Gasteiger charge is 2.15. The van der Waals surface area contributed by atoms with Gasteiger partial charge in [0.15, 0.2) is 0 Å². The summed E-state index contributed by atoms with van der Waals surface area (Å²) in [6.45, 7) is 4.82. The van der Waals surface area contributed by atoms with Crippen LogP contribution >= 0.6 is 0 Å². The van der Waals surface area contributed by atoms with E-state index in [-0.39, 0.29) is 0 Å². The minimum atomic E-state index is 0.334. The number of aromatic nitrogens is 2. The van der Waals surface area contributed by atoms with E-state index in [1.165, 1.54) is 5.69 Å². The van der Waals surface area contributed by atoms with E-state index in [2.05, 4.69) is 28.4 Å². The van der Waals surface area contributed by atoms with Gasteiger partial charge >= 0.3 is 0 Å². The first kappa shape index (κ1) is 12.5. The first-order valence-electron chi connectivity index (χ1n) is 6.23. The summed E-state index contributed by atoms with van der Waals surface area (Å²) in [5, 5.41) is 7.53. The molecule has 1 unspecified atom stereocenters. The highest BCUT2D eigenvalue weighted by Crippen LogP contribution is 2.02. The van der Waals surface area contributed by atoms with Gasteiger partial charge in [-0.05, 0) is 13.1 Å². The van der Waals surface area contributed by atoms with E-state index in [9.17, 15) is 0 Å². The lowest BCUT2D eigenvalue weighted by atomic mass is 10.2. The molecule has 96 valence electrons. The van der Waals surface area contributed by atoms with Crippen molar-refractivity contribution < 1.29 is 4.74 Å². The van der Waals surface area contributed by atoms with Gasteiger partial charge in [-0.15, -0.1) is 0 Å². The molecule has 0 aromatic carbocycles. The standard InChI is InChI=1S/C12H22N4O/c1-15(10-12-9-13-6-8-17-12)7-4-11-3-5-14-16(11)2/h3,5,12-13H,4,6-10H2,1-2H3. The van der Waals surface area contributed by atoms with E-state index < -0.39 is 0 Å². The predicted octanol–water partition coefficient (Wildman–Crippen LogP) is -0.117. The number of ether oxygens (including phenoxy) is 1. The van der Waals surface area contributed by atoms with Gasteiger partial charge in [-0.2, -0.15) is 5.10 Å². The fraction of sp³-hybridized carbons (Fsp3) is 0.750. The molecule has 0 aliphatic carbocycles. The van der Waals surface area contributed by atoms with Gasteiger partial charge in [0, 0.05) is 51.5 Å². The van der Waals surface area contributed by atoms with Crippen LogP contribution in [-0.2, 0) is 18.2 Å². The van der Waals surface area contributed by atoms with Crippen LogP contribution in [0.3, 0.4) is 0 Å². The van der Waals surface area contributed by atoms with Gasteiger partial charge in [0.1, 0.15) is 0 Å². The number of aryl methyl sites for hydroxylation is 1. The molecule has 1 aromatic rings. The molecule has 1 fully saturated rings. The van der Waals surface area contributed by atoms with E-state index in [4.69, 9.17) is 4.74 Å². The molecule has 0 radical (unpaired) electrons. The Bertz CT molecular complexity index is 333. The Morgan fingerprint density at radius 3 is 3.18 bits per heavy atom. The Morgan fingerprint density at radius 2 is 2.53 bits per heavy atom. The van der Waals surface area contributed by atoms with Crippen LogP contribution < -0.4 is 5.32 Å². The minimum absolute atomic E-state index is 0.334. The topological polar surface area (TPSA) is 42.3 Å². The number of nitrogens with one attached hydrogen (secondary N) is 1. The number of hydrogen-bond acceptors (Lipinski definition) is 4. The highest BCUT2D eigenvalue weighted by molar-refractivity contribution is 5.00. The summed E-state index contributed by atoms with van der Waals surface area (Å²) in [7, 11) is 4.14. The van der Waals surface area contributed by atoms with Crippen LogP contribution in [-0.4, -0.2) is 60.6 Å². The molecule has 17 heavy (non-hydrogen) atoms. The summed E-state index contributed by atoms with van der Waals surface area (Å²) in [5.41, 5.74) is 1.28. The third-order valence-corrected chi connectivity index (χ3v) is 3.19. The number of morpholine rings is 1. The van der Waals surface area contributed by atoms with Crippen LogP contribution in [0.1, 0.15) is 5.69 Å². The number of rotatable bonds is 5. The minimum Gasteiger partial charge on any atom is -0.374 e.